The molecule has 0 bridgehead atoms. The lowest BCUT2D eigenvalue weighted by Gasteiger charge is -2.54. The molecule has 5 nitrogen and oxygen atoms in total. The highest BCUT2D eigenvalue weighted by Crippen LogP contribution is 2.43. The van der Waals surface area contributed by atoms with Crippen molar-refractivity contribution in [2.45, 2.75) is 76.7 Å². The number of nitrogens with zero attached hydrogens (tertiary/aromatic N) is 3. The molecule has 2 aromatic carbocycles. The maximum atomic E-state index is 14.3. The molecule has 5 rings (SSSR count). The number of imidazole rings is 1. The average Bonchev–Trinajstić information content (AvgIpc) is 3.37. The van der Waals surface area contributed by atoms with Crippen LogP contribution in [0.3, 0.4) is 0 Å². The van der Waals surface area contributed by atoms with Crippen molar-refractivity contribution in [1.29, 1.82) is 0 Å². The summed E-state index contributed by atoms with van der Waals surface area (Å²) in [6, 6.07) is 11.4. The van der Waals surface area contributed by atoms with Crippen molar-refractivity contribution < 1.29 is 18.4 Å². The molecule has 0 N–H and O–H groups in total. The molecule has 2 heterocycles. The summed E-state index contributed by atoms with van der Waals surface area (Å²) < 4.78 is 29.1. The summed E-state index contributed by atoms with van der Waals surface area (Å²) in [6.07, 6.45) is 9.74. The fraction of sp³-hybridized carbons (Fsp3) is 0.469. The van der Waals surface area contributed by atoms with E-state index in [2.05, 4.69) is 9.88 Å². The molecule has 3 aromatic rings. The maximum Gasteiger partial charge on any atom is 0.183 e. The summed E-state index contributed by atoms with van der Waals surface area (Å²) >= 11 is 6.21. The van der Waals surface area contributed by atoms with Gasteiger partial charge in [0.2, 0.25) is 0 Å². The fourth-order valence-corrected chi connectivity index (χ4v) is 6.70. The Bertz CT molecular complexity index is 1390. The van der Waals surface area contributed by atoms with Crippen LogP contribution in [0, 0.1) is 17.0 Å². The van der Waals surface area contributed by atoms with Crippen molar-refractivity contribution in [3.8, 4) is 5.69 Å². The van der Waals surface area contributed by atoms with Crippen molar-refractivity contribution in [1.82, 2.24) is 14.5 Å². The molecule has 0 unspecified atom stereocenters. The maximum absolute atomic E-state index is 14.3. The van der Waals surface area contributed by atoms with Gasteiger partial charge in [0.05, 0.1) is 5.69 Å². The highest BCUT2D eigenvalue weighted by atomic mass is 35.5. The summed E-state index contributed by atoms with van der Waals surface area (Å²) in [7, 11) is 0. The second-order valence-corrected chi connectivity index (χ2v) is 12.8. The number of rotatable bonds is 10. The first-order chi connectivity index (χ1) is 19.0. The number of carbonyl (C=O) groups excluding carboxylic acids is 2. The van der Waals surface area contributed by atoms with Crippen LogP contribution in [-0.4, -0.2) is 45.1 Å². The molecule has 212 valence electrons. The number of hydrogen-bond acceptors (Lipinski definition) is 4. The Morgan fingerprint density at radius 3 is 2.50 bits per heavy atom. The van der Waals surface area contributed by atoms with E-state index in [0.29, 0.717) is 37.0 Å². The van der Waals surface area contributed by atoms with E-state index >= 15 is 0 Å². The van der Waals surface area contributed by atoms with Gasteiger partial charge < -0.3 is 4.57 Å². The molecule has 1 aliphatic heterocycles. The first-order valence-corrected chi connectivity index (χ1v) is 14.5. The van der Waals surface area contributed by atoms with Crippen LogP contribution in [0.5, 0.6) is 0 Å². The van der Waals surface area contributed by atoms with Crippen molar-refractivity contribution in [2.75, 3.05) is 13.1 Å². The molecule has 0 spiro atoms. The predicted octanol–water partition coefficient (Wildman–Crippen LogP) is 7.34. The Kier molecular flexibility index (Phi) is 8.25. The third-order valence-electron chi connectivity index (χ3n) is 8.58. The predicted molar refractivity (Wildman–Crippen MR) is 152 cm³/mol. The molecule has 1 aromatic heterocycles. The Morgan fingerprint density at radius 2 is 1.80 bits per heavy atom. The number of halogens is 3. The largest absolute Gasteiger partial charge is 0.303 e. The first kappa shape index (κ1) is 28.6. The molecule has 1 saturated carbocycles. The van der Waals surface area contributed by atoms with Gasteiger partial charge in [0.25, 0.3) is 0 Å². The third kappa shape index (κ3) is 6.36. The van der Waals surface area contributed by atoms with Crippen LogP contribution >= 0.6 is 11.6 Å². The minimum atomic E-state index is -0.733. The van der Waals surface area contributed by atoms with E-state index < -0.39 is 22.5 Å². The third-order valence-corrected chi connectivity index (χ3v) is 8.81. The summed E-state index contributed by atoms with van der Waals surface area (Å²) in [5, 5.41) is 0.641. The summed E-state index contributed by atoms with van der Waals surface area (Å²) in [6.45, 7) is 5.51. The molecule has 8 heteroatoms. The standard InChI is InChI=1S/C32H36ClF2N3O2/c1-31(2,22-7-6-8-23(33)13-22)15-26(39)16-32(19-38(20-32)25-9-4-3-5-10-25)17-30(40)28-18-37(21-36-28)29-12-11-24(34)14-27(29)35/h6-8,11-14,18,21,25H,3-5,9-10,15-17,19-20H2,1-2H3. The average molecular weight is 568 g/mol. The Balaban J connectivity index is 1.31. The molecule has 0 atom stereocenters. The zero-order valence-electron chi connectivity index (χ0n) is 23.1. The van der Waals surface area contributed by atoms with Gasteiger partial charge in [-0.15, -0.1) is 0 Å². The molecular formula is C32H36ClF2N3O2. The van der Waals surface area contributed by atoms with Gasteiger partial charge in [0.15, 0.2) is 5.78 Å². The van der Waals surface area contributed by atoms with Gasteiger partial charge in [-0.1, -0.05) is 56.8 Å². The van der Waals surface area contributed by atoms with Gasteiger partial charge >= 0.3 is 0 Å². The number of likely N-dealkylation sites (tertiary alicyclic amines) is 1. The summed E-state index contributed by atoms with van der Waals surface area (Å²) in [5.41, 5.74) is 0.493. The lowest BCUT2D eigenvalue weighted by molar-refractivity contribution is -0.127. The van der Waals surface area contributed by atoms with Crippen LogP contribution in [0.1, 0.15) is 81.3 Å². The highest BCUT2D eigenvalue weighted by Gasteiger charge is 2.48. The SMILES string of the molecule is CC(C)(CC(=O)CC1(CC(=O)c2cn(-c3ccc(F)cc3F)cn2)CN(C2CCCCC2)C1)c1cccc(Cl)c1. The van der Waals surface area contributed by atoms with Crippen LogP contribution in [0.2, 0.25) is 5.02 Å². The summed E-state index contributed by atoms with van der Waals surface area (Å²) in [5.74, 6) is -1.45. The van der Waals surface area contributed by atoms with Gasteiger partial charge in [-0.05, 0) is 48.1 Å². The lowest BCUT2D eigenvalue weighted by atomic mass is 9.68. The lowest BCUT2D eigenvalue weighted by Crippen LogP contribution is -2.61. The molecule has 0 radical (unpaired) electrons. The fourth-order valence-electron chi connectivity index (χ4n) is 6.51. The van der Waals surface area contributed by atoms with Crippen molar-refractivity contribution in [3.63, 3.8) is 0 Å². The van der Waals surface area contributed by atoms with E-state index in [0.717, 1.165) is 24.5 Å². The van der Waals surface area contributed by atoms with Gasteiger partial charge in [-0.2, -0.15) is 0 Å². The zero-order chi connectivity index (χ0) is 28.5. The van der Waals surface area contributed by atoms with E-state index in [9.17, 15) is 18.4 Å². The van der Waals surface area contributed by atoms with E-state index in [1.807, 2.05) is 38.1 Å². The van der Waals surface area contributed by atoms with Gasteiger partial charge in [0.1, 0.15) is 29.4 Å². The normalized spacial score (nSPS) is 17.9. The van der Waals surface area contributed by atoms with Crippen LogP contribution in [-0.2, 0) is 10.2 Å². The molecule has 1 aliphatic carbocycles. The minimum Gasteiger partial charge on any atom is -0.303 e. The molecule has 0 amide bonds. The Hall–Kier alpha value is -2.90. The molecule has 2 aliphatic rings. The number of benzene rings is 2. The molecule has 2 fully saturated rings. The van der Waals surface area contributed by atoms with Crippen LogP contribution in [0.4, 0.5) is 8.78 Å². The van der Waals surface area contributed by atoms with E-state index in [-0.39, 0.29) is 29.4 Å². The molecular weight excluding hydrogens is 532 g/mol. The number of ketones is 2. The quantitative estimate of drug-likeness (QED) is 0.241. The van der Waals surface area contributed by atoms with Crippen molar-refractivity contribution >= 4 is 23.2 Å². The van der Waals surface area contributed by atoms with Crippen LogP contribution in [0.25, 0.3) is 5.69 Å². The van der Waals surface area contributed by atoms with Gasteiger partial charge in [0, 0.05) is 61.1 Å². The first-order valence-electron chi connectivity index (χ1n) is 14.1. The van der Waals surface area contributed by atoms with E-state index in [1.54, 1.807) is 0 Å². The van der Waals surface area contributed by atoms with Gasteiger partial charge in [-0.3, -0.25) is 14.5 Å². The van der Waals surface area contributed by atoms with Crippen molar-refractivity contribution in [2.24, 2.45) is 5.41 Å². The minimum absolute atomic E-state index is 0.119. The Morgan fingerprint density at radius 1 is 1.05 bits per heavy atom. The number of Topliss-reactive ketones (excluding diaryl/α,β-unsaturated/α-hetero) is 2. The number of aromatic nitrogens is 2. The van der Waals surface area contributed by atoms with Crippen molar-refractivity contribution in [3.05, 3.63) is 82.9 Å². The smallest absolute Gasteiger partial charge is 0.183 e. The van der Waals surface area contributed by atoms with Crippen LogP contribution in [0.15, 0.2) is 55.0 Å². The molecule has 40 heavy (non-hydrogen) atoms. The number of carbonyl (C=O) groups is 2. The molecule has 1 saturated heterocycles. The monoisotopic (exact) mass is 567 g/mol. The van der Waals surface area contributed by atoms with E-state index in [4.69, 9.17) is 11.6 Å². The van der Waals surface area contributed by atoms with E-state index in [1.165, 1.54) is 48.5 Å². The van der Waals surface area contributed by atoms with Crippen LogP contribution < -0.4 is 0 Å². The highest BCUT2D eigenvalue weighted by molar-refractivity contribution is 6.30. The summed E-state index contributed by atoms with van der Waals surface area (Å²) in [4.78, 5) is 33.7. The second kappa shape index (κ2) is 11.5. The Labute approximate surface area is 239 Å². The van der Waals surface area contributed by atoms with Gasteiger partial charge in [-0.25, -0.2) is 13.8 Å². The topological polar surface area (TPSA) is 55.2 Å². The zero-order valence-corrected chi connectivity index (χ0v) is 23.9. The second-order valence-electron chi connectivity index (χ2n) is 12.3. The number of hydrogen-bond donors (Lipinski definition) is 0.